The highest BCUT2D eigenvalue weighted by Gasteiger charge is 2.16. The minimum Gasteiger partial charge on any atom is -0.494 e. The molecule has 3 N–H and O–H groups in total. The van der Waals surface area contributed by atoms with Crippen LogP contribution in [-0.4, -0.2) is 40.3 Å². The first-order valence-corrected chi connectivity index (χ1v) is 13.6. The van der Waals surface area contributed by atoms with Crippen molar-refractivity contribution in [2.45, 2.75) is 32.7 Å². The monoisotopic (exact) mass is 591 g/mol. The van der Waals surface area contributed by atoms with Crippen molar-refractivity contribution < 1.29 is 23.5 Å². The first-order valence-electron chi connectivity index (χ1n) is 13.1. The van der Waals surface area contributed by atoms with Crippen LogP contribution in [0.5, 0.6) is 17.2 Å². The van der Waals surface area contributed by atoms with E-state index in [4.69, 9.17) is 21.1 Å². The quantitative estimate of drug-likeness (QED) is 0.142. The van der Waals surface area contributed by atoms with Gasteiger partial charge in [0.15, 0.2) is 0 Å². The Morgan fingerprint density at radius 2 is 1.81 bits per heavy atom. The molecule has 3 aromatic carbocycles. The van der Waals surface area contributed by atoms with Gasteiger partial charge in [0.1, 0.15) is 35.2 Å². The molecule has 0 aliphatic rings. The van der Waals surface area contributed by atoms with Crippen molar-refractivity contribution in [1.82, 2.24) is 15.3 Å². The fourth-order valence-corrected chi connectivity index (χ4v) is 4.16. The van der Waals surface area contributed by atoms with E-state index < -0.39 is 5.82 Å². The molecule has 218 valence electrons. The second-order valence-corrected chi connectivity index (χ2v) is 10.6. The highest BCUT2D eigenvalue weighted by molar-refractivity contribution is 6.19. The fourth-order valence-electron chi connectivity index (χ4n) is 4.07. The zero-order valence-electron chi connectivity index (χ0n) is 23.6. The molecule has 0 saturated heterocycles. The summed E-state index contributed by atoms with van der Waals surface area (Å²) >= 11 is 5.62. The van der Waals surface area contributed by atoms with Crippen LogP contribution >= 0.6 is 11.6 Å². The standard InChI is InChI=1S/C31H31ClFN5O4/c1-31(2,3)38-29(40)14-19-7-5-8-20(13-19)42-21-10-11-24(23(33)15-21)37-30-22-16-26(36-28(39)9-6-12-32)27(41-4)17-25(22)34-18-35-30/h5-11,13,15-18H,12,14H2,1-4H3,(H,36,39)(H,38,40)(H,34,35,37)/b9-6+. The topological polar surface area (TPSA) is 114 Å². The molecule has 4 aromatic rings. The maximum Gasteiger partial charge on any atom is 0.248 e. The minimum atomic E-state index is -0.576. The molecule has 4 rings (SSSR count). The summed E-state index contributed by atoms with van der Waals surface area (Å²) in [7, 11) is 1.48. The molecule has 0 saturated carbocycles. The van der Waals surface area contributed by atoms with Crippen LogP contribution < -0.4 is 25.4 Å². The van der Waals surface area contributed by atoms with Crippen molar-refractivity contribution in [1.29, 1.82) is 0 Å². The molecule has 0 aliphatic heterocycles. The van der Waals surface area contributed by atoms with Crippen LogP contribution in [0.2, 0.25) is 0 Å². The van der Waals surface area contributed by atoms with Crippen LogP contribution in [0, 0.1) is 5.82 Å². The number of alkyl halides is 1. The highest BCUT2D eigenvalue weighted by atomic mass is 35.5. The number of methoxy groups -OCH3 is 1. The third-order valence-corrected chi connectivity index (χ3v) is 5.96. The zero-order chi connectivity index (χ0) is 30.3. The number of nitrogens with zero attached hydrogens (tertiary/aromatic N) is 2. The van der Waals surface area contributed by atoms with E-state index in [0.29, 0.717) is 33.9 Å². The van der Waals surface area contributed by atoms with Gasteiger partial charge in [0.05, 0.1) is 30.4 Å². The molecule has 0 fully saturated rings. The Morgan fingerprint density at radius 3 is 2.52 bits per heavy atom. The molecule has 1 aromatic heterocycles. The zero-order valence-corrected chi connectivity index (χ0v) is 24.4. The molecular weight excluding hydrogens is 561 g/mol. The predicted octanol–water partition coefficient (Wildman–Crippen LogP) is 6.50. The Bertz CT molecular complexity index is 1640. The van der Waals surface area contributed by atoms with Crippen LogP contribution in [0.4, 0.5) is 21.6 Å². The van der Waals surface area contributed by atoms with Crippen molar-refractivity contribution in [3.63, 3.8) is 0 Å². The summed E-state index contributed by atoms with van der Waals surface area (Å²) in [6.07, 6.45) is 4.37. The summed E-state index contributed by atoms with van der Waals surface area (Å²) in [4.78, 5) is 33.1. The lowest BCUT2D eigenvalue weighted by Crippen LogP contribution is -2.41. The predicted molar refractivity (Wildman–Crippen MR) is 162 cm³/mol. The van der Waals surface area contributed by atoms with Crippen molar-refractivity contribution in [3.8, 4) is 17.2 Å². The second kappa shape index (κ2) is 13.3. The van der Waals surface area contributed by atoms with Gasteiger partial charge in [-0.2, -0.15) is 0 Å². The third kappa shape index (κ3) is 8.17. The summed E-state index contributed by atoms with van der Waals surface area (Å²) in [6.45, 7) is 5.76. The van der Waals surface area contributed by atoms with Crippen LogP contribution in [0.1, 0.15) is 26.3 Å². The van der Waals surface area contributed by atoms with Gasteiger partial charge in [0.25, 0.3) is 0 Å². The Labute approximate surface area is 248 Å². The number of hydrogen-bond acceptors (Lipinski definition) is 7. The molecule has 1 heterocycles. The van der Waals surface area contributed by atoms with Crippen molar-refractivity contribution >= 4 is 51.5 Å². The number of carbonyl (C=O) groups excluding carboxylic acids is 2. The van der Waals surface area contributed by atoms with E-state index in [1.54, 1.807) is 36.4 Å². The molecule has 0 radical (unpaired) electrons. The number of hydrogen-bond donors (Lipinski definition) is 3. The molecule has 0 aliphatic carbocycles. The van der Waals surface area contributed by atoms with Crippen molar-refractivity contribution in [3.05, 3.63) is 84.5 Å². The van der Waals surface area contributed by atoms with Gasteiger partial charge in [-0.1, -0.05) is 18.2 Å². The SMILES string of the molecule is COc1cc2ncnc(Nc3ccc(Oc4cccc(CC(=O)NC(C)(C)C)c4)cc3F)c2cc1NC(=O)/C=C/CCl. The maximum atomic E-state index is 15.2. The average Bonchev–Trinajstić information content (AvgIpc) is 2.92. The van der Waals surface area contributed by atoms with E-state index in [1.165, 1.54) is 37.7 Å². The van der Waals surface area contributed by atoms with Crippen molar-refractivity contribution in [2.24, 2.45) is 0 Å². The van der Waals surface area contributed by atoms with E-state index >= 15 is 4.39 Å². The largest absolute Gasteiger partial charge is 0.494 e. The highest BCUT2D eigenvalue weighted by Crippen LogP contribution is 2.34. The van der Waals surface area contributed by atoms with Gasteiger partial charge in [0, 0.05) is 35.0 Å². The molecule has 11 heteroatoms. The Kier molecular flexibility index (Phi) is 9.59. The molecule has 0 atom stereocenters. The van der Waals surface area contributed by atoms with E-state index in [9.17, 15) is 9.59 Å². The number of allylic oxidation sites excluding steroid dienone is 1. The van der Waals surface area contributed by atoms with Gasteiger partial charge in [0.2, 0.25) is 11.8 Å². The van der Waals surface area contributed by atoms with Crippen molar-refractivity contribution in [2.75, 3.05) is 23.6 Å². The number of ether oxygens (including phenoxy) is 2. The first kappa shape index (κ1) is 30.3. The lowest BCUT2D eigenvalue weighted by molar-refractivity contribution is -0.121. The number of amides is 2. The molecular formula is C31H31ClFN5O4. The number of nitrogens with one attached hydrogen (secondary N) is 3. The van der Waals surface area contributed by atoms with Gasteiger partial charge in [-0.3, -0.25) is 9.59 Å². The summed E-state index contributed by atoms with van der Waals surface area (Å²) < 4.78 is 26.5. The number of anilines is 3. The van der Waals surface area contributed by atoms with Gasteiger partial charge >= 0.3 is 0 Å². The van der Waals surface area contributed by atoms with E-state index in [2.05, 4.69) is 25.9 Å². The Morgan fingerprint density at radius 1 is 1.02 bits per heavy atom. The number of halogens is 2. The Hall–Kier alpha value is -4.70. The van der Waals surface area contributed by atoms with Crippen LogP contribution in [-0.2, 0) is 16.0 Å². The van der Waals surface area contributed by atoms with E-state index in [1.807, 2.05) is 26.8 Å². The lowest BCUT2D eigenvalue weighted by Gasteiger charge is -2.20. The average molecular weight is 592 g/mol. The Balaban J connectivity index is 1.53. The molecule has 9 nitrogen and oxygen atoms in total. The van der Waals surface area contributed by atoms with Crippen LogP contribution in [0.3, 0.4) is 0 Å². The van der Waals surface area contributed by atoms with Gasteiger partial charge in [-0.05, 0) is 56.7 Å². The summed E-state index contributed by atoms with van der Waals surface area (Å²) in [5.74, 6) is 0.601. The third-order valence-electron chi connectivity index (χ3n) is 5.78. The number of fused-ring (bicyclic) bond motifs is 1. The van der Waals surface area contributed by atoms with E-state index in [0.717, 1.165) is 5.56 Å². The summed E-state index contributed by atoms with van der Waals surface area (Å²) in [5.41, 5.74) is 1.50. The number of aromatic nitrogens is 2. The lowest BCUT2D eigenvalue weighted by atomic mass is 10.1. The molecule has 0 unspecified atom stereocenters. The number of benzene rings is 3. The van der Waals surface area contributed by atoms with Gasteiger partial charge in [-0.15, -0.1) is 11.6 Å². The van der Waals surface area contributed by atoms with Crippen LogP contribution in [0.25, 0.3) is 10.9 Å². The minimum absolute atomic E-state index is 0.102. The number of rotatable bonds is 10. The van der Waals surface area contributed by atoms with Crippen LogP contribution in [0.15, 0.2) is 73.1 Å². The summed E-state index contributed by atoms with van der Waals surface area (Å²) in [5, 5.41) is 9.19. The maximum absolute atomic E-state index is 15.2. The molecule has 42 heavy (non-hydrogen) atoms. The molecule has 2 amide bonds. The summed E-state index contributed by atoms with van der Waals surface area (Å²) in [6, 6.07) is 14.8. The smallest absolute Gasteiger partial charge is 0.248 e. The number of carbonyl (C=O) groups is 2. The van der Waals surface area contributed by atoms with E-state index in [-0.39, 0.29) is 41.1 Å². The van der Waals surface area contributed by atoms with Gasteiger partial charge < -0.3 is 25.4 Å². The molecule has 0 spiro atoms. The first-order chi connectivity index (χ1) is 20.0. The molecule has 0 bridgehead atoms. The fraction of sp³-hybridized carbons (Fsp3) is 0.226. The second-order valence-electron chi connectivity index (χ2n) is 10.3. The normalized spacial score (nSPS) is 11.4. The van der Waals surface area contributed by atoms with Gasteiger partial charge in [-0.25, -0.2) is 14.4 Å².